The lowest BCUT2D eigenvalue weighted by atomic mass is 10.1. The second-order valence-corrected chi connectivity index (χ2v) is 5.64. The first-order chi connectivity index (χ1) is 9.56. The lowest BCUT2D eigenvalue weighted by molar-refractivity contribution is 0.265. The molecular formula is C17H21ClN2. The Hall–Kier alpha value is -1.51. The minimum atomic E-state index is 0.369. The van der Waals surface area contributed by atoms with E-state index in [1.165, 1.54) is 11.1 Å². The van der Waals surface area contributed by atoms with Gasteiger partial charge >= 0.3 is 0 Å². The highest BCUT2D eigenvalue weighted by molar-refractivity contribution is 6.30. The number of benzene rings is 2. The van der Waals surface area contributed by atoms with E-state index in [-0.39, 0.29) is 0 Å². The van der Waals surface area contributed by atoms with Gasteiger partial charge in [-0.3, -0.25) is 4.90 Å². The van der Waals surface area contributed by atoms with Crippen LogP contribution in [0.4, 0.5) is 5.69 Å². The molecule has 2 nitrogen and oxygen atoms in total. The van der Waals surface area contributed by atoms with Crippen molar-refractivity contribution in [2.75, 3.05) is 19.3 Å². The van der Waals surface area contributed by atoms with Crippen LogP contribution in [0.15, 0.2) is 48.5 Å². The molecule has 0 saturated heterocycles. The summed E-state index contributed by atoms with van der Waals surface area (Å²) in [5.74, 6) is 0. The van der Waals surface area contributed by atoms with Gasteiger partial charge in [0.1, 0.15) is 0 Å². The second kappa shape index (κ2) is 6.78. The molecule has 0 aromatic heterocycles. The quantitative estimate of drug-likeness (QED) is 0.837. The normalized spacial score (nSPS) is 12.6. The molecule has 2 rings (SSSR count). The zero-order valence-corrected chi connectivity index (χ0v) is 12.8. The molecule has 0 saturated carbocycles. The van der Waals surface area contributed by atoms with Crippen molar-refractivity contribution in [3.05, 3.63) is 64.7 Å². The molecule has 0 heterocycles. The van der Waals surface area contributed by atoms with Gasteiger partial charge in [0.2, 0.25) is 0 Å². The van der Waals surface area contributed by atoms with E-state index >= 15 is 0 Å². The number of rotatable bonds is 5. The predicted octanol–water partition coefficient (Wildman–Crippen LogP) is 4.16. The van der Waals surface area contributed by atoms with Gasteiger partial charge < -0.3 is 5.73 Å². The minimum Gasteiger partial charge on any atom is -0.399 e. The third kappa shape index (κ3) is 3.99. The monoisotopic (exact) mass is 288 g/mol. The van der Waals surface area contributed by atoms with Gasteiger partial charge in [-0.25, -0.2) is 0 Å². The van der Waals surface area contributed by atoms with Gasteiger partial charge in [0.05, 0.1) is 0 Å². The molecule has 0 radical (unpaired) electrons. The van der Waals surface area contributed by atoms with Crippen molar-refractivity contribution in [1.82, 2.24) is 4.90 Å². The molecule has 0 aliphatic heterocycles. The van der Waals surface area contributed by atoms with Gasteiger partial charge in [-0.05, 0) is 55.8 Å². The fraction of sp³-hybridized carbons (Fsp3) is 0.294. The van der Waals surface area contributed by atoms with Gasteiger partial charge in [-0.15, -0.1) is 0 Å². The van der Waals surface area contributed by atoms with Crippen LogP contribution in [0, 0.1) is 0 Å². The highest BCUT2D eigenvalue weighted by atomic mass is 35.5. The van der Waals surface area contributed by atoms with E-state index in [0.29, 0.717) is 6.04 Å². The fourth-order valence-corrected chi connectivity index (χ4v) is 2.37. The highest BCUT2D eigenvalue weighted by Crippen LogP contribution is 2.21. The summed E-state index contributed by atoms with van der Waals surface area (Å²) in [5, 5.41) is 0.781. The molecule has 1 atom stereocenters. The summed E-state index contributed by atoms with van der Waals surface area (Å²) >= 11 is 5.93. The molecule has 2 N–H and O–H groups in total. The van der Waals surface area contributed by atoms with Crippen LogP contribution in [-0.4, -0.2) is 18.5 Å². The van der Waals surface area contributed by atoms with Crippen molar-refractivity contribution in [3.8, 4) is 0 Å². The molecule has 0 aliphatic rings. The van der Waals surface area contributed by atoms with E-state index in [0.717, 1.165) is 23.7 Å². The van der Waals surface area contributed by atoms with Crippen molar-refractivity contribution in [2.45, 2.75) is 19.4 Å². The predicted molar refractivity (Wildman–Crippen MR) is 87.1 cm³/mol. The van der Waals surface area contributed by atoms with Crippen LogP contribution in [0.2, 0.25) is 5.02 Å². The van der Waals surface area contributed by atoms with Crippen molar-refractivity contribution in [1.29, 1.82) is 0 Å². The SMILES string of the molecule is CC(c1ccc(Cl)cc1)N(C)CCc1cccc(N)c1. The van der Waals surface area contributed by atoms with Crippen molar-refractivity contribution < 1.29 is 0 Å². The third-order valence-electron chi connectivity index (χ3n) is 3.72. The van der Waals surface area contributed by atoms with E-state index in [4.69, 9.17) is 17.3 Å². The lowest BCUT2D eigenvalue weighted by Gasteiger charge is -2.25. The molecular weight excluding hydrogens is 268 g/mol. The zero-order chi connectivity index (χ0) is 14.5. The molecule has 106 valence electrons. The van der Waals surface area contributed by atoms with Crippen molar-refractivity contribution in [2.24, 2.45) is 0 Å². The van der Waals surface area contributed by atoms with Crippen LogP contribution in [0.25, 0.3) is 0 Å². The van der Waals surface area contributed by atoms with Gasteiger partial charge in [0, 0.05) is 23.3 Å². The number of nitrogens with two attached hydrogens (primary N) is 1. The largest absolute Gasteiger partial charge is 0.399 e. The number of anilines is 1. The Morgan fingerprint density at radius 2 is 1.85 bits per heavy atom. The lowest BCUT2D eigenvalue weighted by Crippen LogP contribution is -2.24. The van der Waals surface area contributed by atoms with E-state index in [9.17, 15) is 0 Å². The molecule has 1 unspecified atom stereocenters. The van der Waals surface area contributed by atoms with E-state index in [2.05, 4.69) is 37.1 Å². The number of hydrogen-bond acceptors (Lipinski definition) is 2. The van der Waals surface area contributed by atoms with Crippen LogP contribution in [-0.2, 0) is 6.42 Å². The Labute approximate surface area is 126 Å². The summed E-state index contributed by atoms with van der Waals surface area (Å²) < 4.78 is 0. The standard InChI is InChI=1S/C17H21ClN2/c1-13(15-6-8-16(18)9-7-15)20(2)11-10-14-4-3-5-17(19)12-14/h3-9,12-13H,10-11,19H2,1-2H3. The number of hydrogen-bond donors (Lipinski definition) is 1. The average molecular weight is 289 g/mol. The first kappa shape index (κ1) is 14.9. The van der Waals surface area contributed by atoms with Crippen LogP contribution >= 0.6 is 11.6 Å². The Kier molecular flexibility index (Phi) is 5.05. The van der Waals surface area contributed by atoms with E-state index < -0.39 is 0 Å². The smallest absolute Gasteiger partial charge is 0.0406 e. The summed E-state index contributed by atoms with van der Waals surface area (Å²) in [5.41, 5.74) is 9.19. The topological polar surface area (TPSA) is 29.3 Å². The van der Waals surface area contributed by atoms with Crippen LogP contribution in [0.1, 0.15) is 24.1 Å². The average Bonchev–Trinajstić information content (AvgIpc) is 2.45. The van der Waals surface area contributed by atoms with Gasteiger partial charge in [-0.2, -0.15) is 0 Å². The number of nitrogens with zero attached hydrogens (tertiary/aromatic N) is 1. The Morgan fingerprint density at radius 3 is 2.50 bits per heavy atom. The number of nitrogen functional groups attached to an aromatic ring is 1. The first-order valence-electron chi connectivity index (χ1n) is 6.86. The van der Waals surface area contributed by atoms with Gasteiger partial charge in [0.25, 0.3) is 0 Å². The zero-order valence-electron chi connectivity index (χ0n) is 12.0. The molecule has 3 heteroatoms. The maximum atomic E-state index is 5.93. The second-order valence-electron chi connectivity index (χ2n) is 5.20. The maximum absolute atomic E-state index is 5.93. The Bertz CT molecular complexity index is 551. The van der Waals surface area contributed by atoms with Crippen molar-refractivity contribution >= 4 is 17.3 Å². The maximum Gasteiger partial charge on any atom is 0.0406 e. The molecule has 0 fully saturated rings. The summed E-state index contributed by atoms with van der Waals surface area (Å²) in [4.78, 5) is 2.34. The van der Waals surface area contributed by atoms with Crippen LogP contribution < -0.4 is 5.73 Å². The summed E-state index contributed by atoms with van der Waals surface area (Å²) in [6.45, 7) is 3.20. The highest BCUT2D eigenvalue weighted by Gasteiger charge is 2.11. The molecule has 0 aliphatic carbocycles. The summed E-state index contributed by atoms with van der Waals surface area (Å²) in [7, 11) is 2.14. The Morgan fingerprint density at radius 1 is 1.15 bits per heavy atom. The number of likely N-dealkylation sites (N-methyl/N-ethyl adjacent to an activating group) is 1. The molecule has 0 spiro atoms. The molecule has 0 amide bonds. The minimum absolute atomic E-state index is 0.369. The fourth-order valence-electron chi connectivity index (χ4n) is 2.24. The Balaban J connectivity index is 1.94. The third-order valence-corrected chi connectivity index (χ3v) is 3.97. The van der Waals surface area contributed by atoms with Crippen LogP contribution in [0.5, 0.6) is 0 Å². The summed E-state index contributed by atoms with van der Waals surface area (Å²) in [6.07, 6.45) is 0.999. The molecule has 0 bridgehead atoms. The van der Waals surface area contributed by atoms with Gasteiger partial charge in [0.15, 0.2) is 0 Å². The van der Waals surface area contributed by atoms with E-state index in [1.54, 1.807) is 0 Å². The van der Waals surface area contributed by atoms with Gasteiger partial charge in [-0.1, -0.05) is 35.9 Å². The van der Waals surface area contributed by atoms with Crippen LogP contribution in [0.3, 0.4) is 0 Å². The molecule has 20 heavy (non-hydrogen) atoms. The van der Waals surface area contributed by atoms with E-state index in [1.807, 2.05) is 30.3 Å². The molecule has 2 aromatic carbocycles. The summed E-state index contributed by atoms with van der Waals surface area (Å²) in [6, 6.07) is 16.5. The first-order valence-corrected chi connectivity index (χ1v) is 7.24. The molecule has 2 aromatic rings. The van der Waals surface area contributed by atoms with Crippen molar-refractivity contribution in [3.63, 3.8) is 0 Å². The number of halogens is 1.